The number of carbonyl (C=O) groups is 1. The summed E-state index contributed by atoms with van der Waals surface area (Å²) in [7, 11) is -4.06. The van der Waals surface area contributed by atoms with E-state index >= 15 is 0 Å². The zero-order chi connectivity index (χ0) is 15.6. The smallest absolute Gasteiger partial charge is 0.335 e. The maximum Gasteiger partial charge on any atom is 0.335 e. The zero-order valence-electron chi connectivity index (χ0n) is 11.1. The van der Waals surface area contributed by atoms with Gasteiger partial charge in [0.05, 0.1) is 29.2 Å². The average Bonchev–Trinajstić information content (AvgIpc) is 2.37. The van der Waals surface area contributed by atoms with Crippen molar-refractivity contribution in [1.82, 2.24) is 4.72 Å². The molecule has 0 spiro atoms. The van der Waals surface area contributed by atoms with Gasteiger partial charge in [-0.3, -0.25) is 0 Å². The van der Waals surface area contributed by atoms with Crippen molar-refractivity contribution in [3.63, 3.8) is 0 Å². The lowest BCUT2D eigenvalue weighted by Crippen LogP contribution is -2.51. The van der Waals surface area contributed by atoms with Crippen LogP contribution < -0.4 is 4.72 Å². The fraction of sp³-hybridized carbons (Fsp3) is 0.417. The zero-order valence-corrected chi connectivity index (χ0v) is 11.9. The molecule has 0 unspecified atom stereocenters. The number of hydrogen-bond donors (Lipinski definition) is 4. The minimum Gasteiger partial charge on any atom is -0.478 e. The molecule has 8 heteroatoms. The standard InChI is InChI=1S/C12H17NO6S/c1-8-9(11(16)17)4-3-5-10(8)20(18,19)13-12(2,6-14)7-15/h3-5,13-15H,6-7H2,1-2H3,(H,16,17). The van der Waals surface area contributed by atoms with Crippen molar-refractivity contribution < 1.29 is 28.5 Å². The summed E-state index contributed by atoms with van der Waals surface area (Å²) < 4.78 is 26.6. The fourth-order valence-corrected chi connectivity index (χ4v) is 3.29. The number of aliphatic hydroxyl groups is 2. The van der Waals surface area contributed by atoms with E-state index in [1.807, 2.05) is 0 Å². The molecule has 7 nitrogen and oxygen atoms in total. The van der Waals surface area contributed by atoms with Crippen LogP contribution in [-0.4, -0.2) is 48.5 Å². The highest BCUT2D eigenvalue weighted by molar-refractivity contribution is 7.89. The summed E-state index contributed by atoms with van der Waals surface area (Å²) in [6.45, 7) is 1.52. The first-order valence-corrected chi connectivity index (χ1v) is 7.24. The van der Waals surface area contributed by atoms with E-state index in [2.05, 4.69) is 4.72 Å². The van der Waals surface area contributed by atoms with Crippen molar-refractivity contribution in [1.29, 1.82) is 0 Å². The normalized spacial score (nSPS) is 12.4. The van der Waals surface area contributed by atoms with E-state index in [9.17, 15) is 13.2 Å². The van der Waals surface area contributed by atoms with Gasteiger partial charge in [0.15, 0.2) is 0 Å². The summed E-state index contributed by atoms with van der Waals surface area (Å²) in [5.74, 6) is -1.23. The first kappa shape index (κ1) is 16.6. The van der Waals surface area contributed by atoms with Crippen LogP contribution in [0.4, 0.5) is 0 Å². The number of rotatable bonds is 6. The molecular formula is C12H17NO6S. The highest BCUT2D eigenvalue weighted by Gasteiger charge is 2.31. The number of benzene rings is 1. The summed E-state index contributed by atoms with van der Waals surface area (Å²) in [5.41, 5.74) is -1.46. The molecule has 0 aliphatic carbocycles. The number of hydrogen-bond acceptors (Lipinski definition) is 5. The molecule has 0 saturated carbocycles. The van der Waals surface area contributed by atoms with Crippen LogP contribution in [0.25, 0.3) is 0 Å². The van der Waals surface area contributed by atoms with Crippen LogP contribution in [0.15, 0.2) is 23.1 Å². The molecule has 0 fully saturated rings. The Labute approximate surface area is 116 Å². The van der Waals surface area contributed by atoms with Crippen molar-refractivity contribution in [2.24, 2.45) is 0 Å². The largest absolute Gasteiger partial charge is 0.478 e. The second-order valence-corrected chi connectivity index (χ2v) is 6.37. The molecule has 1 rings (SSSR count). The Balaban J connectivity index is 3.30. The third-order valence-electron chi connectivity index (χ3n) is 2.88. The number of sulfonamides is 1. The van der Waals surface area contributed by atoms with E-state index < -0.39 is 34.7 Å². The second kappa shape index (κ2) is 5.88. The van der Waals surface area contributed by atoms with Crippen LogP contribution in [0.5, 0.6) is 0 Å². The Bertz CT molecular complexity index is 606. The molecule has 0 aliphatic rings. The number of carboxylic acids is 1. The van der Waals surface area contributed by atoms with E-state index in [1.165, 1.54) is 32.0 Å². The Kier molecular flexibility index (Phi) is 4.87. The van der Waals surface area contributed by atoms with Gasteiger partial charge >= 0.3 is 5.97 Å². The monoisotopic (exact) mass is 303 g/mol. The summed E-state index contributed by atoms with van der Waals surface area (Å²) in [5, 5.41) is 27.2. The van der Waals surface area contributed by atoms with Crippen molar-refractivity contribution >= 4 is 16.0 Å². The van der Waals surface area contributed by atoms with E-state index in [0.29, 0.717) is 0 Å². The molecule has 1 aromatic carbocycles. The number of carboxylic acid groups (broad SMARTS) is 1. The lowest BCUT2D eigenvalue weighted by atomic mass is 10.1. The minimum absolute atomic E-state index is 0.0886. The van der Waals surface area contributed by atoms with Gasteiger partial charge in [0.2, 0.25) is 10.0 Å². The predicted octanol–water partition coefficient (Wildman–Crippen LogP) is -0.285. The Morgan fingerprint density at radius 1 is 1.30 bits per heavy atom. The van der Waals surface area contributed by atoms with E-state index in [0.717, 1.165) is 0 Å². The molecule has 0 aliphatic heterocycles. The number of nitrogens with one attached hydrogen (secondary N) is 1. The van der Waals surface area contributed by atoms with E-state index in [1.54, 1.807) is 0 Å². The highest BCUT2D eigenvalue weighted by atomic mass is 32.2. The molecule has 20 heavy (non-hydrogen) atoms. The van der Waals surface area contributed by atoms with Crippen molar-refractivity contribution in [2.45, 2.75) is 24.3 Å². The second-order valence-electron chi connectivity index (χ2n) is 4.72. The summed E-state index contributed by atoms with van der Waals surface area (Å²) in [6, 6.07) is 3.88. The van der Waals surface area contributed by atoms with Crippen molar-refractivity contribution in [3.05, 3.63) is 29.3 Å². The molecule has 112 valence electrons. The van der Waals surface area contributed by atoms with Crippen molar-refractivity contribution in [3.8, 4) is 0 Å². The van der Waals surface area contributed by atoms with Crippen LogP contribution in [0, 0.1) is 6.92 Å². The topological polar surface area (TPSA) is 124 Å². The van der Waals surface area contributed by atoms with Crippen LogP contribution in [-0.2, 0) is 10.0 Å². The lowest BCUT2D eigenvalue weighted by molar-refractivity contribution is 0.0695. The van der Waals surface area contributed by atoms with Gasteiger partial charge in [-0.25, -0.2) is 17.9 Å². The molecule has 0 atom stereocenters. The van der Waals surface area contributed by atoms with Crippen LogP contribution in [0.3, 0.4) is 0 Å². The summed E-state index contributed by atoms with van der Waals surface area (Å²) in [4.78, 5) is 10.8. The minimum atomic E-state index is -4.06. The van der Waals surface area contributed by atoms with Crippen LogP contribution in [0.2, 0.25) is 0 Å². The van der Waals surface area contributed by atoms with Gasteiger partial charge in [0.25, 0.3) is 0 Å². The maximum absolute atomic E-state index is 12.2. The predicted molar refractivity (Wildman–Crippen MR) is 71.0 cm³/mol. The first-order valence-electron chi connectivity index (χ1n) is 5.75. The summed E-state index contributed by atoms with van der Waals surface area (Å²) in [6.07, 6.45) is 0. The number of aromatic carboxylic acids is 1. The molecule has 0 saturated heterocycles. The maximum atomic E-state index is 12.2. The third kappa shape index (κ3) is 3.34. The quantitative estimate of drug-likeness (QED) is 0.573. The van der Waals surface area contributed by atoms with Crippen LogP contribution in [0.1, 0.15) is 22.8 Å². The molecule has 0 heterocycles. The SMILES string of the molecule is Cc1c(C(=O)O)cccc1S(=O)(=O)NC(C)(CO)CO. The molecule has 4 N–H and O–H groups in total. The number of aliphatic hydroxyl groups excluding tert-OH is 2. The van der Waals surface area contributed by atoms with Crippen molar-refractivity contribution in [2.75, 3.05) is 13.2 Å². The fourth-order valence-electron chi connectivity index (χ4n) is 1.63. The van der Waals surface area contributed by atoms with Gasteiger partial charge < -0.3 is 15.3 Å². The Morgan fingerprint density at radius 3 is 2.30 bits per heavy atom. The van der Waals surface area contributed by atoms with Gasteiger partial charge in [0.1, 0.15) is 0 Å². The molecular weight excluding hydrogens is 286 g/mol. The van der Waals surface area contributed by atoms with Gasteiger partial charge in [-0.05, 0) is 31.5 Å². The van der Waals surface area contributed by atoms with E-state index in [4.69, 9.17) is 15.3 Å². The lowest BCUT2D eigenvalue weighted by Gasteiger charge is -2.26. The molecule has 0 bridgehead atoms. The van der Waals surface area contributed by atoms with Gasteiger partial charge in [0, 0.05) is 0 Å². The van der Waals surface area contributed by atoms with Gasteiger partial charge in [-0.15, -0.1) is 0 Å². The molecule has 1 aromatic rings. The summed E-state index contributed by atoms with van der Waals surface area (Å²) >= 11 is 0. The highest BCUT2D eigenvalue weighted by Crippen LogP contribution is 2.20. The molecule has 0 radical (unpaired) electrons. The van der Waals surface area contributed by atoms with E-state index in [-0.39, 0.29) is 16.0 Å². The average molecular weight is 303 g/mol. The molecule has 0 amide bonds. The Morgan fingerprint density at radius 2 is 1.85 bits per heavy atom. The van der Waals surface area contributed by atoms with Gasteiger partial charge in [-0.1, -0.05) is 6.07 Å². The Hall–Kier alpha value is -1.48. The van der Waals surface area contributed by atoms with Crippen LogP contribution >= 0.6 is 0 Å². The molecule has 0 aromatic heterocycles. The van der Waals surface area contributed by atoms with Gasteiger partial charge in [-0.2, -0.15) is 0 Å². The first-order chi connectivity index (χ1) is 9.17. The third-order valence-corrected chi connectivity index (χ3v) is 4.67.